The molecule has 1 N–H and O–H groups in total. The van der Waals surface area contributed by atoms with Gasteiger partial charge in [0.25, 0.3) is 0 Å². The number of carbonyl (C=O) groups excluding carboxylic acids is 1. The molecular weight excluding hydrogens is 186 g/mol. The molecule has 1 aromatic carbocycles. The lowest BCUT2D eigenvalue weighted by molar-refractivity contribution is 0.0884. The van der Waals surface area contributed by atoms with Crippen molar-refractivity contribution >= 4 is 5.78 Å². The van der Waals surface area contributed by atoms with Gasteiger partial charge in [0.05, 0.1) is 6.04 Å². The quantitative estimate of drug-likeness (QED) is 0.740. The maximum absolute atomic E-state index is 12.2. The molecule has 1 aromatic rings. The molecule has 1 aliphatic carbocycles. The van der Waals surface area contributed by atoms with Crippen molar-refractivity contribution in [1.29, 1.82) is 0 Å². The molecule has 0 spiro atoms. The maximum atomic E-state index is 12.2. The van der Waals surface area contributed by atoms with E-state index in [9.17, 15) is 4.79 Å². The molecule has 0 radical (unpaired) electrons. The molecule has 0 aromatic heterocycles. The number of hydrogen-bond donors (Lipinski definition) is 1. The summed E-state index contributed by atoms with van der Waals surface area (Å²) in [7, 11) is 0. The molecule has 3 atom stereocenters. The summed E-state index contributed by atoms with van der Waals surface area (Å²) in [6.45, 7) is 1.04. The van der Waals surface area contributed by atoms with Gasteiger partial charge in [-0.2, -0.15) is 0 Å². The normalized spacial score (nSPS) is 33.2. The highest BCUT2D eigenvalue weighted by Crippen LogP contribution is 2.41. The molecular formula is C13H15NO. The number of rotatable bonds is 2. The Morgan fingerprint density at radius 3 is 2.60 bits per heavy atom. The Morgan fingerprint density at radius 2 is 2.00 bits per heavy atom. The molecule has 15 heavy (non-hydrogen) atoms. The van der Waals surface area contributed by atoms with E-state index >= 15 is 0 Å². The lowest BCUT2D eigenvalue weighted by Crippen LogP contribution is -2.38. The van der Waals surface area contributed by atoms with Crippen LogP contribution in [0.5, 0.6) is 0 Å². The lowest BCUT2D eigenvalue weighted by Gasteiger charge is -2.32. The van der Waals surface area contributed by atoms with E-state index in [-0.39, 0.29) is 11.8 Å². The van der Waals surface area contributed by atoms with Gasteiger partial charge in [-0.25, -0.2) is 0 Å². The largest absolute Gasteiger partial charge is 0.307 e. The van der Waals surface area contributed by atoms with Gasteiger partial charge in [0.15, 0.2) is 5.78 Å². The molecule has 3 rings (SSSR count). The van der Waals surface area contributed by atoms with E-state index in [1.54, 1.807) is 0 Å². The molecule has 2 aliphatic rings. The first kappa shape index (κ1) is 9.10. The number of ketones is 1. The molecule has 78 valence electrons. The summed E-state index contributed by atoms with van der Waals surface area (Å²) in [5.41, 5.74) is 0.850. The number of carbonyl (C=O) groups is 1. The van der Waals surface area contributed by atoms with Crippen LogP contribution in [0.25, 0.3) is 0 Å². The molecule has 1 saturated heterocycles. The fourth-order valence-electron chi connectivity index (χ4n) is 2.79. The summed E-state index contributed by atoms with van der Waals surface area (Å²) < 4.78 is 0. The second-order valence-corrected chi connectivity index (χ2v) is 4.62. The van der Waals surface area contributed by atoms with Crippen molar-refractivity contribution in [2.24, 2.45) is 11.8 Å². The standard InChI is InChI=1S/C13H15NO/c15-13(9-4-2-1-3-5-9)12-11-7-6-10(11)8-14-12/h1-5,10-12,14H,6-8H2/t10-,11-,12+/m0/s1. The van der Waals surface area contributed by atoms with E-state index in [4.69, 9.17) is 0 Å². The molecule has 2 heteroatoms. The van der Waals surface area contributed by atoms with Crippen LogP contribution in [0.4, 0.5) is 0 Å². The van der Waals surface area contributed by atoms with E-state index in [1.807, 2.05) is 30.3 Å². The Balaban J connectivity index is 1.80. The zero-order chi connectivity index (χ0) is 10.3. The first-order valence-corrected chi connectivity index (χ1v) is 5.69. The van der Waals surface area contributed by atoms with Gasteiger partial charge >= 0.3 is 0 Å². The summed E-state index contributed by atoms with van der Waals surface area (Å²) in [4.78, 5) is 12.2. The smallest absolute Gasteiger partial charge is 0.180 e. The van der Waals surface area contributed by atoms with Gasteiger partial charge in [-0.05, 0) is 31.2 Å². The van der Waals surface area contributed by atoms with Crippen LogP contribution in [0.3, 0.4) is 0 Å². The lowest BCUT2D eigenvalue weighted by atomic mass is 9.72. The second kappa shape index (κ2) is 3.46. The number of Topliss-reactive ketones (excluding diaryl/α,β-unsaturated/α-hetero) is 1. The number of hydrogen-bond acceptors (Lipinski definition) is 2. The van der Waals surface area contributed by atoms with E-state index in [1.165, 1.54) is 12.8 Å². The zero-order valence-electron chi connectivity index (χ0n) is 8.65. The van der Waals surface area contributed by atoms with E-state index in [2.05, 4.69) is 5.32 Å². The fraction of sp³-hybridized carbons (Fsp3) is 0.462. The monoisotopic (exact) mass is 201 g/mol. The molecule has 0 unspecified atom stereocenters. The van der Waals surface area contributed by atoms with Gasteiger partial charge < -0.3 is 5.32 Å². The van der Waals surface area contributed by atoms with Crippen LogP contribution in [-0.4, -0.2) is 18.4 Å². The Hall–Kier alpha value is -1.15. The molecule has 1 saturated carbocycles. The van der Waals surface area contributed by atoms with Crippen LogP contribution >= 0.6 is 0 Å². The predicted molar refractivity (Wildman–Crippen MR) is 58.8 cm³/mol. The Labute approximate surface area is 89.7 Å². The Kier molecular flexibility index (Phi) is 2.10. The highest BCUT2D eigenvalue weighted by Gasteiger charge is 2.45. The average molecular weight is 201 g/mol. The van der Waals surface area contributed by atoms with Crippen LogP contribution in [0.1, 0.15) is 23.2 Å². The minimum absolute atomic E-state index is 0.0890. The summed E-state index contributed by atoms with van der Waals surface area (Å²) in [6, 6.07) is 9.73. The van der Waals surface area contributed by atoms with Gasteiger partial charge in [-0.15, -0.1) is 0 Å². The third-order valence-corrected chi connectivity index (χ3v) is 3.85. The third kappa shape index (κ3) is 1.40. The third-order valence-electron chi connectivity index (χ3n) is 3.85. The summed E-state index contributed by atoms with van der Waals surface area (Å²) in [6.07, 6.45) is 2.52. The molecule has 1 heterocycles. The average Bonchev–Trinajstić information content (AvgIpc) is 2.54. The van der Waals surface area contributed by atoms with E-state index in [0.717, 1.165) is 18.0 Å². The van der Waals surface area contributed by atoms with Crippen molar-refractivity contribution in [3.63, 3.8) is 0 Å². The molecule has 2 fully saturated rings. The number of nitrogens with one attached hydrogen (secondary N) is 1. The van der Waals surface area contributed by atoms with Crippen molar-refractivity contribution in [2.75, 3.05) is 6.54 Å². The molecule has 0 amide bonds. The van der Waals surface area contributed by atoms with Crippen LogP contribution < -0.4 is 5.32 Å². The summed E-state index contributed by atoms with van der Waals surface area (Å²) in [5, 5.41) is 3.37. The van der Waals surface area contributed by atoms with Gasteiger partial charge in [-0.1, -0.05) is 30.3 Å². The highest BCUT2D eigenvalue weighted by atomic mass is 16.1. The van der Waals surface area contributed by atoms with Crippen LogP contribution in [0.2, 0.25) is 0 Å². The van der Waals surface area contributed by atoms with Crippen molar-refractivity contribution in [3.8, 4) is 0 Å². The Bertz CT molecular complexity index is 373. The number of benzene rings is 1. The summed E-state index contributed by atoms with van der Waals surface area (Å²) in [5.74, 6) is 1.66. The first-order chi connectivity index (χ1) is 7.36. The zero-order valence-corrected chi connectivity index (χ0v) is 8.65. The Morgan fingerprint density at radius 1 is 1.20 bits per heavy atom. The van der Waals surface area contributed by atoms with Crippen molar-refractivity contribution in [2.45, 2.75) is 18.9 Å². The number of fused-ring (bicyclic) bond motifs is 1. The van der Waals surface area contributed by atoms with Gasteiger partial charge in [0.1, 0.15) is 0 Å². The molecule has 0 bridgehead atoms. The van der Waals surface area contributed by atoms with Gasteiger partial charge in [0.2, 0.25) is 0 Å². The first-order valence-electron chi connectivity index (χ1n) is 5.69. The van der Waals surface area contributed by atoms with Crippen LogP contribution in [0, 0.1) is 11.8 Å². The highest BCUT2D eigenvalue weighted by molar-refractivity contribution is 6.00. The van der Waals surface area contributed by atoms with Crippen molar-refractivity contribution in [3.05, 3.63) is 35.9 Å². The van der Waals surface area contributed by atoms with E-state index < -0.39 is 0 Å². The van der Waals surface area contributed by atoms with Gasteiger partial charge in [0, 0.05) is 5.56 Å². The SMILES string of the molecule is O=C(c1ccccc1)[C@@H]1NC[C@@H]2CC[C@@H]21. The summed E-state index contributed by atoms with van der Waals surface area (Å²) >= 11 is 0. The minimum atomic E-state index is 0.0890. The van der Waals surface area contributed by atoms with Crippen molar-refractivity contribution in [1.82, 2.24) is 5.32 Å². The predicted octanol–water partition coefficient (Wildman–Crippen LogP) is 1.87. The molecule has 1 aliphatic heterocycles. The topological polar surface area (TPSA) is 29.1 Å². The minimum Gasteiger partial charge on any atom is -0.307 e. The second-order valence-electron chi connectivity index (χ2n) is 4.62. The van der Waals surface area contributed by atoms with E-state index in [0.29, 0.717) is 5.92 Å². The van der Waals surface area contributed by atoms with Crippen LogP contribution in [0.15, 0.2) is 30.3 Å². The van der Waals surface area contributed by atoms with Crippen LogP contribution in [-0.2, 0) is 0 Å². The molecule has 2 nitrogen and oxygen atoms in total. The van der Waals surface area contributed by atoms with Crippen molar-refractivity contribution < 1.29 is 4.79 Å². The maximum Gasteiger partial charge on any atom is 0.180 e. The fourth-order valence-corrected chi connectivity index (χ4v) is 2.79. The van der Waals surface area contributed by atoms with Gasteiger partial charge in [-0.3, -0.25) is 4.79 Å².